The van der Waals surface area contributed by atoms with E-state index in [1.54, 1.807) is 12.4 Å². The summed E-state index contributed by atoms with van der Waals surface area (Å²) in [7, 11) is 0. The standard InChI is InChI=1S/C21H21N5O2S/c1-14(2)27-17-6-7-19-18(12-17)21(25-24-19)15-8-10-23-20(11-15)26-28-29-13-16-5-3-4-9-22-16/h3-12,14H,13H2,1-2H3,(H,23,26)(H,24,25). The van der Waals surface area contributed by atoms with Gasteiger partial charge >= 0.3 is 0 Å². The molecule has 2 N–H and O–H groups in total. The van der Waals surface area contributed by atoms with Crippen LogP contribution in [0.15, 0.2) is 60.9 Å². The maximum absolute atomic E-state index is 5.81. The van der Waals surface area contributed by atoms with Crippen molar-refractivity contribution in [3.05, 3.63) is 66.6 Å². The number of aromatic amines is 1. The Morgan fingerprint density at radius 3 is 2.83 bits per heavy atom. The molecule has 0 aliphatic carbocycles. The van der Waals surface area contributed by atoms with Crippen molar-refractivity contribution in [3.8, 4) is 17.0 Å². The lowest BCUT2D eigenvalue weighted by Crippen LogP contribution is -2.05. The van der Waals surface area contributed by atoms with E-state index < -0.39 is 0 Å². The van der Waals surface area contributed by atoms with E-state index in [0.29, 0.717) is 11.6 Å². The zero-order chi connectivity index (χ0) is 20.1. The number of benzene rings is 1. The number of nitrogens with zero attached hydrogens (tertiary/aromatic N) is 3. The molecule has 0 saturated heterocycles. The quantitative estimate of drug-likeness (QED) is 0.241. The van der Waals surface area contributed by atoms with Gasteiger partial charge in [-0.15, -0.1) is 0 Å². The van der Waals surface area contributed by atoms with Crippen molar-refractivity contribution < 1.29 is 9.02 Å². The van der Waals surface area contributed by atoms with Crippen LogP contribution >= 0.6 is 12.0 Å². The van der Waals surface area contributed by atoms with E-state index in [1.165, 1.54) is 12.0 Å². The van der Waals surface area contributed by atoms with Gasteiger partial charge in [0.25, 0.3) is 0 Å². The van der Waals surface area contributed by atoms with Crippen LogP contribution in [-0.4, -0.2) is 26.3 Å². The highest BCUT2D eigenvalue weighted by atomic mass is 32.2. The summed E-state index contributed by atoms with van der Waals surface area (Å²) in [5.41, 5.74) is 6.52. The predicted molar refractivity (Wildman–Crippen MR) is 115 cm³/mol. The molecule has 148 valence electrons. The van der Waals surface area contributed by atoms with Crippen LogP contribution < -0.4 is 10.2 Å². The number of nitrogens with one attached hydrogen (secondary N) is 2. The van der Waals surface area contributed by atoms with Crippen molar-refractivity contribution in [2.24, 2.45) is 0 Å². The van der Waals surface area contributed by atoms with Crippen LogP contribution in [-0.2, 0) is 10.0 Å². The summed E-state index contributed by atoms with van der Waals surface area (Å²) < 4.78 is 11.3. The highest BCUT2D eigenvalue weighted by Crippen LogP contribution is 2.30. The van der Waals surface area contributed by atoms with Crippen LogP contribution in [0, 0.1) is 0 Å². The van der Waals surface area contributed by atoms with Gasteiger partial charge in [-0.1, -0.05) is 6.07 Å². The van der Waals surface area contributed by atoms with Crippen LogP contribution in [0.2, 0.25) is 0 Å². The molecule has 3 aromatic heterocycles. The molecule has 0 radical (unpaired) electrons. The molecule has 0 amide bonds. The first-order chi connectivity index (χ1) is 14.2. The lowest BCUT2D eigenvalue weighted by atomic mass is 10.1. The van der Waals surface area contributed by atoms with Crippen LogP contribution in [0.1, 0.15) is 19.5 Å². The van der Waals surface area contributed by atoms with Gasteiger partial charge in [0.05, 0.1) is 23.1 Å². The molecule has 3 heterocycles. The second-order valence-corrected chi connectivity index (χ2v) is 7.34. The Morgan fingerprint density at radius 1 is 1.07 bits per heavy atom. The summed E-state index contributed by atoms with van der Waals surface area (Å²) in [5, 5.41) is 8.53. The number of H-pyrrole nitrogens is 1. The maximum Gasteiger partial charge on any atom is 0.151 e. The van der Waals surface area contributed by atoms with Gasteiger partial charge < -0.3 is 4.74 Å². The van der Waals surface area contributed by atoms with E-state index in [2.05, 4.69) is 25.6 Å². The molecule has 0 unspecified atom stereocenters. The summed E-state index contributed by atoms with van der Waals surface area (Å²) in [6.07, 6.45) is 3.60. The van der Waals surface area contributed by atoms with E-state index >= 15 is 0 Å². The highest BCUT2D eigenvalue weighted by molar-refractivity contribution is 7.93. The largest absolute Gasteiger partial charge is 0.491 e. The Morgan fingerprint density at radius 2 is 2.00 bits per heavy atom. The SMILES string of the molecule is CC(C)Oc1ccc2[nH]nc(-c3ccnc(NOSCc4ccccn4)c3)c2c1. The van der Waals surface area contributed by atoms with Gasteiger partial charge in [0, 0.05) is 35.4 Å². The number of rotatable bonds is 8. The topological polar surface area (TPSA) is 85.0 Å². The van der Waals surface area contributed by atoms with E-state index in [-0.39, 0.29) is 6.10 Å². The molecule has 1 aromatic carbocycles. The molecule has 0 atom stereocenters. The minimum Gasteiger partial charge on any atom is -0.491 e. The van der Waals surface area contributed by atoms with Gasteiger partial charge in [-0.3, -0.25) is 10.1 Å². The maximum atomic E-state index is 5.81. The molecule has 0 aliphatic rings. The molecule has 0 spiro atoms. The van der Waals surface area contributed by atoms with Crippen molar-refractivity contribution in [1.29, 1.82) is 0 Å². The summed E-state index contributed by atoms with van der Waals surface area (Å²) in [6.45, 7) is 4.01. The second-order valence-electron chi connectivity index (χ2n) is 6.64. The third kappa shape index (κ3) is 4.85. The van der Waals surface area contributed by atoms with Gasteiger partial charge in [-0.05, 0) is 56.3 Å². The summed E-state index contributed by atoms with van der Waals surface area (Å²) in [5.74, 6) is 2.05. The first kappa shape index (κ1) is 19.2. The van der Waals surface area contributed by atoms with E-state index in [9.17, 15) is 0 Å². The molecule has 0 aliphatic heterocycles. The molecule has 0 bridgehead atoms. The molecule has 0 saturated carbocycles. The Labute approximate surface area is 173 Å². The van der Waals surface area contributed by atoms with Crippen LogP contribution in [0.5, 0.6) is 5.75 Å². The fraction of sp³-hybridized carbons (Fsp3) is 0.190. The van der Waals surface area contributed by atoms with Gasteiger partial charge in [-0.25, -0.2) is 14.7 Å². The fourth-order valence-corrected chi connectivity index (χ4v) is 3.33. The first-order valence-corrected chi connectivity index (χ1v) is 10.2. The van der Waals surface area contributed by atoms with Crippen LogP contribution in [0.4, 0.5) is 5.82 Å². The smallest absolute Gasteiger partial charge is 0.151 e. The Balaban J connectivity index is 1.46. The van der Waals surface area contributed by atoms with Crippen molar-refractivity contribution in [1.82, 2.24) is 20.2 Å². The third-order valence-corrected chi connectivity index (χ3v) is 4.69. The molecule has 4 rings (SSSR count). The third-order valence-electron chi connectivity index (χ3n) is 4.08. The van der Waals surface area contributed by atoms with Gasteiger partial charge in [0.2, 0.25) is 0 Å². The number of aromatic nitrogens is 4. The summed E-state index contributed by atoms with van der Waals surface area (Å²) in [4.78, 5) is 8.56. The van der Waals surface area contributed by atoms with Crippen molar-refractivity contribution in [3.63, 3.8) is 0 Å². The highest BCUT2D eigenvalue weighted by Gasteiger charge is 2.11. The predicted octanol–water partition coefficient (Wildman–Crippen LogP) is 5.00. The van der Waals surface area contributed by atoms with Gasteiger partial charge in [-0.2, -0.15) is 5.10 Å². The zero-order valence-corrected chi connectivity index (χ0v) is 16.9. The molecule has 8 heteroatoms. The van der Waals surface area contributed by atoms with E-state index in [1.807, 2.05) is 62.4 Å². The van der Waals surface area contributed by atoms with Gasteiger partial charge in [0.1, 0.15) is 11.4 Å². The monoisotopic (exact) mass is 407 g/mol. The average molecular weight is 407 g/mol. The molecule has 4 aromatic rings. The molecule has 29 heavy (non-hydrogen) atoms. The Hall–Kier alpha value is -3.10. The van der Waals surface area contributed by atoms with E-state index in [4.69, 9.17) is 9.02 Å². The summed E-state index contributed by atoms with van der Waals surface area (Å²) >= 11 is 1.26. The van der Waals surface area contributed by atoms with Crippen molar-refractivity contribution in [2.45, 2.75) is 25.7 Å². The Kier molecular flexibility index (Phi) is 5.92. The number of ether oxygens (including phenoxy) is 1. The van der Waals surface area contributed by atoms with Crippen LogP contribution in [0.25, 0.3) is 22.2 Å². The molecule has 0 fully saturated rings. The van der Waals surface area contributed by atoms with Crippen LogP contribution in [0.3, 0.4) is 0 Å². The number of hydrogen-bond donors (Lipinski definition) is 2. The Bertz CT molecular complexity index is 1080. The zero-order valence-electron chi connectivity index (χ0n) is 16.1. The van der Waals surface area contributed by atoms with E-state index in [0.717, 1.165) is 33.6 Å². The van der Waals surface area contributed by atoms with Crippen molar-refractivity contribution in [2.75, 3.05) is 5.48 Å². The normalized spacial score (nSPS) is 11.1. The molecular weight excluding hydrogens is 386 g/mol. The average Bonchev–Trinajstić information content (AvgIpc) is 3.15. The van der Waals surface area contributed by atoms with Crippen molar-refractivity contribution >= 4 is 28.8 Å². The number of anilines is 1. The minimum absolute atomic E-state index is 0.111. The number of hydrogen-bond acceptors (Lipinski definition) is 7. The molecular formula is C21H21N5O2S. The summed E-state index contributed by atoms with van der Waals surface area (Å²) in [6, 6.07) is 15.5. The van der Waals surface area contributed by atoms with Gasteiger partial charge in [0.15, 0.2) is 5.82 Å². The lowest BCUT2D eigenvalue weighted by Gasteiger charge is -2.09. The molecule has 7 nitrogen and oxygen atoms in total. The lowest BCUT2D eigenvalue weighted by molar-refractivity contribution is 0.243. The number of fused-ring (bicyclic) bond motifs is 1. The fourth-order valence-electron chi connectivity index (χ4n) is 2.84. The first-order valence-electron chi connectivity index (χ1n) is 9.24. The second kappa shape index (κ2) is 8.93. The number of pyridine rings is 2. The minimum atomic E-state index is 0.111.